The predicted molar refractivity (Wildman–Crippen MR) is 103 cm³/mol. The van der Waals surface area contributed by atoms with Crippen molar-refractivity contribution in [1.82, 2.24) is 4.98 Å². The largest absolute Gasteiger partial charge is 0.493 e. The smallest absolute Gasteiger partial charge is 0.259 e. The van der Waals surface area contributed by atoms with Crippen LogP contribution in [0.3, 0.4) is 0 Å². The fourth-order valence-corrected chi connectivity index (χ4v) is 2.78. The van der Waals surface area contributed by atoms with Crippen LogP contribution in [0.4, 0.5) is 5.82 Å². The van der Waals surface area contributed by atoms with Gasteiger partial charge in [-0.15, -0.1) is 0 Å². The Kier molecular flexibility index (Phi) is 7.08. The van der Waals surface area contributed by atoms with Gasteiger partial charge in [-0.1, -0.05) is 18.5 Å². The van der Waals surface area contributed by atoms with E-state index in [1.54, 1.807) is 29.3 Å². The van der Waals surface area contributed by atoms with E-state index in [9.17, 15) is 4.79 Å². The van der Waals surface area contributed by atoms with Crippen LogP contribution in [-0.2, 0) is 0 Å². The minimum absolute atomic E-state index is 0.209. The van der Waals surface area contributed by atoms with Crippen LogP contribution < -0.4 is 14.4 Å². The lowest BCUT2D eigenvalue weighted by molar-refractivity contribution is 0.0987. The van der Waals surface area contributed by atoms with E-state index in [0.29, 0.717) is 41.1 Å². The van der Waals surface area contributed by atoms with Crippen LogP contribution in [0.15, 0.2) is 34.9 Å². The molecule has 2 aromatic rings. The highest BCUT2D eigenvalue weighted by Crippen LogP contribution is 2.37. The molecule has 0 aliphatic rings. The van der Waals surface area contributed by atoms with Gasteiger partial charge in [0.25, 0.3) is 5.91 Å². The Morgan fingerprint density at radius 3 is 2.64 bits per heavy atom. The summed E-state index contributed by atoms with van der Waals surface area (Å²) in [7, 11) is 1.52. The number of rotatable bonds is 7. The van der Waals surface area contributed by atoms with Gasteiger partial charge < -0.3 is 9.47 Å². The van der Waals surface area contributed by atoms with Crippen molar-refractivity contribution in [3.63, 3.8) is 0 Å². The molecule has 0 spiro atoms. The zero-order chi connectivity index (χ0) is 18.4. The fourth-order valence-electron chi connectivity index (χ4n) is 2.28. The molecular formula is C18H20BrClN2O3. The number of nitrogens with zero attached hydrogens (tertiary/aromatic N) is 2. The Hall–Kier alpha value is -1.79. The van der Waals surface area contributed by atoms with Gasteiger partial charge in [0.2, 0.25) is 0 Å². The number of carbonyl (C=O) groups is 1. The second-order valence-corrected chi connectivity index (χ2v) is 6.54. The maximum Gasteiger partial charge on any atom is 0.259 e. The lowest BCUT2D eigenvalue weighted by Gasteiger charge is -2.21. The van der Waals surface area contributed by atoms with Gasteiger partial charge in [0, 0.05) is 22.8 Å². The molecule has 7 heteroatoms. The third-order valence-electron chi connectivity index (χ3n) is 3.48. The van der Waals surface area contributed by atoms with Crippen LogP contribution in [0.5, 0.6) is 11.5 Å². The average Bonchev–Trinajstić information content (AvgIpc) is 2.62. The molecule has 0 saturated heterocycles. The first-order chi connectivity index (χ1) is 12.0. The van der Waals surface area contributed by atoms with Crippen LogP contribution in [0.25, 0.3) is 0 Å². The van der Waals surface area contributed by atoms with E-state index in [1.165, 1.54) is 7.11 Å². The van der Waals surface area contributed by atoms with Crippen molar-refractivity contribution in [2.24, 2.45) is 0 Å². The number of benzene rings is 1. The molecule has 0 radical (unpaired) electrons. The Labute approximate surface area is 161 Å². The Morgan fingerprint density at radius 2 is 2.08 bits per heavy atom. The van der Waals surface area contributed by atoms with E-state index in [-0.39, 0.29) is 5.91 Å². The first-order valence-electron chi connectivity index (χ1n) is 7.95. The van der Waals surface area contributed by atoms with Crippen LogP contribution in [-0.4, -0.2) is 31.2 Å². The maximum absolute atomic E-state index is 12.9. The predicted octanol–water partition coefficient (Wildman–Crippen LogP) is 4.96. The number of amides is 1. The van der Waals surface area contributed by atoms with Crippen molar-refractivity contribution in [3.8, 4) is 11.5 Å². The average molecular weight is 428 g/mol. The van der Waals surface area contributed by atoms with Crippen molar-refractivity contribution in [1.29, 1.82) is 0 Å². The molecule has 0 unspecified atom stereocenters. The van der Waals surface area contributed by atoms with Gasteiger partial charge in [-0.05, 0) is 53.5 Å². The van der Waals surface area contributed by atoms with Gasteiger partial charge in [-0.25, -0.2) is 4.98 Å². The van der Waals surface area contributed by atoms with Gasteiger partial charge in [-0.3, -0.25) is 9.69 Å². The van der Waals surface area contributed by atoms with Crippen LogP contribution >= 0.6 is 27.5 Å². The molecule has 0 bridgehead atoms. The summed E-state index contributed by atoms with van der Waals surface area (Å²) in [5.41, 5.74) is 0.414. The number of hydrogen-bond donors (Lipinski definition) is 0. The SMILES string of the molecule is CCCOc1c(Cl)cc(C(=O)N(CC)c2ccc(Br)cn2)cc1OC. The first-order valence-corrected chi connectivity index (χ1v) is 9.12. The Morgan fingerprint density at radius 1 is 1.32 bits per heavy atom. The minimum atomic E-state index is -0.209. The third-order valence-corrected chi connectivity index (χ3v) is 4.23. The lowest BCUT2D eigenvalue weighted by Crippen LogP contribution is -2.31. The molecule has 2 rings (SSSR count). The van der Waals surface area contributed by atoms with E-state index >= 15 is 0 Å². The van der Waals surface area contributed by atoms with Gasteiger partial charge in [0.15, 0.2) is 11.5 Å². The maximum atomic E-state index is 12.9. The summed E-state index contributed by atoms with van der Waals surface area (Å²) in [6.45, 7) is 4.89. The summed E-state index contributed by atoms with van der Waals surface area (Å²) in [6.07, 6.45) is 2.50. The Balaban J connectivity index is 2.37. The molecule has 134 valence electrons. The molecule has 1 amide bonds. The van der Waals surface area contributed by atoms with Gasteiger partial charge >= 0.3 is 0 Å². The molecule has 1 aromatic carbocycles. The number of ether oxygens (including phenoxy) is 2. The molecule has 0 atom stereocenters. The molecule has 1 heterocycles. The topological polar surface area (TPSA) is 51.7 Å². The zero-order valence-electron chi connectivity index (χ0n) is 14.4. The second kappa shape index (κ2) is 9.06. The van der Waals surface area contributed by atoms with Gasteiger partial charge in [0.05, 0.1) is 18.7 Å². The van der Waals surface area contributed by atoms with Gasteiger partial charge in [-0.2, -0.15) is 0 Å². The molecule has 0 N–H and O–H groups in total. The van der Waals surface area contributed by atoms with Crippen molar-refractivity contribution in [3.05, 3.63) is 45.5 Å². The zero-order valence-corrected chi connectivity index (χ0v) is 16.7. The number of methoxy groups -OCH3 is 1. The van der Waals surface area contributed by atoms with E-state index in [0.717, 1.165) is 10.9 Å². The molecule has 1 aromatic heterocycles. The highest BCUT2D eigenvalue weighted by molar-refractivity contribution is 9.10. The minimum Gasteiger partial charge on any atom is -0.493 e. The normalized spacial score (nSPS) is 10.4. The molecule has 25 heavy (non-hydrogen) atoms. The van der Waals surface area contributed by atoms with Crippen LogP contribution in [0.2, 0.25) is 5.02 Å². The standard InChI is InChI=1S/C18H20BrClN2O3/c1-4-8-25-17-14(20)9-12(10-15(17)24-3)18(23)22(5-2)16-7-6-13(19)11-21-16/h6-7,9-11H,4-5,8H2,1-3H3. The number of hydrogen-bond acceptors (Lipinski definition) is 4. The fraction of sp³-hybridized carbons (Fsp3) is 0.333. The molecule has 0 fully saturated rings. The summed E-state index contributed by atoms with van der Waals surface area (Å²) in [5.74, 6) is 1.24. The van der Waals surface area contributed by atoms with Gasteiger partial charge in [0.1, 0.15) is 5.82 Å². The van der Waals surface area contributed by atoms with E-state index in [4.69, 9.17) is 21.1 Å². The number of halogens is 2. The highest BCUT2D eigenvalue weighted by atomic mass is 79.9. The Bertz CT molecular complexity index is 738. The van der Waals surface area contributed by atoms with Crippen LogP contribution in [0.1, 0.15) is 30.6 Å². The second-order valence-electron chi connectivity index (χ2n) is 5.22. The van der Waals surface area contributed by atoms with E-state index in [2.05, 4.69) is 20.9 Å². The number of anilines is 1. The summed E-state index contributed by atoms with van der Waals surface area (Å²) >= 11 is 9.65. The molecule has 0 saturated carbocycles. The highest BCUT2D eigenvalue weighted by Gasteiger charge is 2.21. The van der Waals surface area contributed by atoms with Crippen molar-refractivity contribution in [2.75, 3.05) is 25.2 Å². The monoisotopic (exact) mass is 426 g/mol. The van der Waals surface area contributed by atoms with Crippen molar-refractivity contribution in [2.45, 2.75) is 20.3 Å². The lowest BCUT2D eigenvalue weighted by atomic mass is 10.1. The summed E-state index contributed by atoms with van der Waals surface area (Å²) in [6, 6.07) is 6.86. The first kappa shape index (κ1) is 19.5. The molecule has 0 aliphatic carbocycles. The van der Waals surface area contributed by atoms with E-state index in [1.807, 2.05) is 19.9 Å². The van der Waals surface area contributed by atoms with E-state index < -0.39 is 0 Å². The van der Waals surface area contributed by atoms with Crippen LogP contribution in [0, 0.1) is 0 Å². The summed E-state index contributed by atoms with van der Waals surface area (Å²) < 4.78 is 11.8. The summed E-state index contributed by atoms with van der Waals surface area (Å²) in [5, 5.41) is 0.343. The van der Waals surface area contributed by atoms with Crippen molar-refractivity contribution >= 4 is 39.3 Å². The number of pyridine rings is 1. The quantitative estimate of drug-likeness (QED) is 0.626. The molecule has 5 nitrogen and oxygen atoms in total. The molecular weight excluding hydrogens is 408 g/mol. The molecule has 0 aliphatic heterocycles. The summed E-state index contributed by atoms with van der Waals surface area (Å²) in [4.78, 5) is 18.8. The number of aromatic nitrogens is 1. The number of carbonyl (C=O) groups excluding carboxylic acids is 1. The third kappa shape index (κ3) is 4.64. The van der Waals surface area contributed by atoms with Crippen molar-refractivity contribution < 1.29 is 14.3 Å².